The van der Waals surface area contributed by atoms with Crippen molar-refractivity contribution < 1.29 is 0 Å². The number of anilines is 1. The average molecular weight is 366 g/mol. The van der Waals surface area contributed by atoms with Crippen LogP contribution in [0.5, 0.6) is 0 Å². The fourth-order valence-corrected chi connectivity index (χ4v) is 3.55. The van der Waals surface area contributed by atoms with Crippen LogP contribution in [0, 0.1) is 0 Å². The molecular formula is C22H31N5. The van der Waals surface area contributed by atoms with Gasteiger partial charge in [-0.2, -0.15) is 0 Å². The molecule has 0 radical (unpaired) electrons. The first-order valence-corrected chi connectivity index (χ1v) is 9.64. The molecule has 1 aliphatic heterocycles. The van der Waals surface area contributed by atoms with E-state index in [1.807, 2.05) is 7.05 Å². The van der Waals surface area contributed by atoms with Crippen LogP contribution in [-0.4, -0.2) is 63.1 Å². The Morgan fingerprint density at radius 2 is 1.56 bits per heavy atom. The second-order valence-corrected chi connectivity index (χ2v) is 7.22. The molecule has 2 aromatic rings. The molecule has 0 saturated carbocycles. The predicted molar refractivity (Wildman–Crippen MR) is 114 cm³/mol. The van der Waals surface area contributed by atoms with Crippen molar-refractivity contribution in [2.24, 2.45) is 4.99 Å². The highest BCUT2D eigenvalue weighted by atomic mass is 15.3. The summed E-state index contributed by atoms with van der Waals surface area (Å²) >= 11 is 0. The number of guanidine groups is 1. The number of nitrogens with one attached hydrogen (secondary N) is 1. The molecule has 1 saturated heterocycles. The maximum atomic E-state index is 4.52. The Hall–Kier alpha value is -2.53. The Morgan fingerprint density at radius 1 is 0.926 bits per heavy atom. The molecule has 1 fully saturated rings. The fraction of sp³-hybridized carbons (Fsp3) is 0.409. The summed E-state index contributed by atoms with van der Waals surface area (Å²) in [5.41, 5.74) is 3.99. The van der Waals surface area contributed by atoms with Crippen molar-refractivity contribution in [3.8, 4) is 0 Å². The summed E-state index contributed by atoms with van der Waals surface area (Å²) in [6.07, 6.45) is 0. The van der Waals surface area contributed by atoms with Crippen LogP contribution in [0.2, 0.25) is 0 Å². The number of rotatable bonds is 5. The van der Waals surface area contributed by atoms with Crippen molar-refractivity contribution in [2.75, 3.05) is 52.2 Å². The molecule has 0 atom stereocenters. The molecule has 2 aromatic carbocycles. The second kappa shape index (κ2) is 9.42. The van der Waals surface area contributed by atoms with Crippen molar-refractivity contribution in [2.45, 2.75) is 13.1 Å². The zero-order valence-corrected chi connectivity index (χ0v) is 16.7. The molecule has 0 aliphatic carbocycles. The molecule has 1 aliphatic rings. The lowest BCUT2D eigenvalue weighted by Crippen LogP contribution is -2.52. The summed E-state index contributed by atoms with van der Waals surface area (Å²) in [6, 6.07) is 19.3. The van der Waals surface area contributed by atoms with Crippen LogP contribution in [0.4, 0.5) is 5.69 Å². The summed E-state index contributed by atoms with van der Waals surface area (Å²) in [4.78, 5) is 11.5. The zero-order valence-electron chi connectivity index (χ0n) is 16.7. The molecule has 0 aromatic heterocycles. The van der Waals surface area contributed by atoms with E-state index in [9.17, 15) is 0 Å². The summed E-state index contributed by atoms with van der Waals surface area (Å²) in [6.45, 7) is 5.74. The maximum absolute atomic E-state index is 4.52. The van der Waals surface area contributed by atoms with Gasteiger partial charge in [-0.05, 0) is 37.4 Å². The van der Waals surface area contributed by atoms with E-state index >= 15 is 0 Å². The van der Waals surface area contributed by atoms with Crippen molar-refractivity contribution in [1.29, 1.82) is 0 Å². The minimum Gasteiger partial charge on any atom is -0.368 e. The Balaban J connectivity index is 1.56. The Labute approximate surface area is 163 Å². The average Bonchev–Trinajstić information content (AvgIpc) is 2.70. The van der Waals surface area contributed by atoms with Gasteiger partial charge in [0.25, 0.3) is 0 Å². The van der Waals surface area contributed by atoms with Gasteiger partial charge in [0.2, 0.25) is 0 Å². The van der Waals surface area contributed by atoms with Crippen molar-refractivity contribution in [1.82, 2.24) is 15.1 Å². The van der Waals surface area contributed by atoms with E-state index in [2.05, 4.69) is 93.7 Å². The van der Waals surface area contributed by atoms with Gasteiger partial charge in [0.15, 0.2) is 5.96 Å². The summed E-state index contributed by atoms with van der Waals surface area (Å²) in [7, 11) is 6.09. The molecule has 0 unspecified atom stereocenters. The maximum Gasteiger partial charge on any atom is 0.194 e. The number of benzene rings is 2. The molecular weight excluding hydrogens is 334 g/mol. The monoisotopic (exact) mass is 365 g/mol. The number of para-hydroxylation sites is 1. The van der Waals surface area contributed by atoms with E-state index in [1.165, 1.54) is 16.8 Å². The van der Waals surface area contributed by atoms with E-state index < -0.39 is 0 Å². The first-order chi connectivity index (χ1) is 13.2. The highest BCUT2D eigenvalue weighted by Crippen LogP contribution is 2.16. The third-order valence-corrected chi connectivity index (χ3v) is 4.95. The van der Waals surface area contributed by atoms with Crippen LogP contribution in [0.15, 0.2) is 59.6 Å². The fourth-order valence-electron chi connectivity index (χ4n) is 3.55. The minimum atomic E-state index is 0.801. The molecule has 3 rings (SSSR count). The van der Waals surface area contributed by atoms with Gasteiger partial charge in [-0.25, -0.2) is 0 Å². The highest BCUT2D eigenvalue weighted by molar-refractivity contribution is 5.80. The molecule has 144 valence electrons. The number of nitrogens with zero attached hydrogens (tertiary/aromatic N) is 4. The third kappa shape index (κ3) is 5.23. The van der Waals surface area contributed by atoms with Crippen molar-refractivity contribution >= 4 is 11.6 Å². The lowest BCUT2D eigenvalue weighted by atomic mass is 10.1. The standard InChI is InChI=1S/C22H31N5/c1-23-22(24-17-19-9-7-8-10-20(19)18-25(2)3)27-15-13-26(14-16-27)21-11-5-4-6-12-21/h4-12H,13-18H2,1-3H3,(H,23,24). The topological polar surface area (TPSA) is 34.1 Å². The summed E-state index contributed by atoms with van der Waals surface area (Å²) in [5.74, 6) is 0.988. The van der Waals surface area contributed by atoms with Gasteiger partial charge in [0.1, 0.15) is 0 Å². The van der Waals surface area contributed by atoms with Gasteiger partial charge in [-0.1, -0.05) is 42.5 Å². The first kappa shape index (κ1) is 19.2. The smallest absolute Gasteiger partial charge is 0.194 e. The largest absolute Gasteiger partial charge is 0.368 e. The molecule has 0 amide bonds. The second-order valence-electron chi connectivity index (χ2n) is 7.22. The number of piperazine rings is 1. The number of aliphatic imine (C=N–C) groups is 1. The van der Waals surface area contributed by atoms with E-state index in [0.717, 1.165) is 45.2 Å². The normalized spacial score (nSPS) is 15.3. The van der Waals surface area contributed by atoms with Gasteiger partial charge in [0, 0.05) is 52.0 Å². The lowest BCUT2D eigenvalue weighted by Gasteiger charge is -2.37. The summed E-state index contributed by atoms with van der Waals surface area (Å²) < 4.78 is 0. The van der Waals surface area contributed by atoms with Gasteiger partial charge in [0.05, 0.1) is 0 Å². The van der Waals surface area contributed by atoms with Gasteiger partial charge in [-0.3, -0.25) is 4.99 Å². The predicted octanol–water partition coefficient (Wildman–Crippen LogP) is 2.65. The number of hydrogen-bond donors (Lipinski definition) is 1. The molecule has 5 heteroatoms. The van der Waals surface area contributed by atoms with Crippen LogP contribution in [-0.2, 0) is 13.1 Å². The van der Waals surface area contributed by atoms with E-state index in [0.29, 0.717) is 0 Å². The SMILES string of the molecule is CN=C(NCc1ccccc1CN(C)C)N1CCN(c2ccccc2)CC1. The van der Waals surface area contributed by atoms with Crippen LogP contribution in [0.3, 0.4) is 0 Å². The molecule has 27 heavy (non-hydrogen) atoms. The lowest BCUT2D eigenvalue weighted by molar-refractivity contribution is 0.372. The van der Waals surface area contributed by atoms with Gasteiger partial charge >= 0.3 is 0 Å². The van der Waals surface area contributed by atoms with E-state index in [4.69, 9.17) is 0 Å². The summed E-state index contributed by atoms with van der Waals surface area (Å²) in [5, 5.41) is 3.56. The third-order valence-electron chi connectivity index (χ3n) is 4.95. The molecule has 1 heterocycles. The van der Waals surface area contributed by atoms with Crippen LogP contribution in [0.25, 0.3) is 0 Å². The molecule has 5 nitrogen and oxygen atoms in total. The van der Waals surface area contributed by atoms with Gasteiger partial charge in [-0.15, -0.1) is 0 Å². The Bertz CT molecular complexity index is 733. The molecule has 1 N–H and O–H groups in total. The zero-order chi connectivity index (χ0) is 19.1. The van der Waals surface area contributed by atoms with Crippen LogP contribution < -0.4 is 10.2 Å². The first-order valence-electron chi connectivity index (χ1n) is 9.64. The van der Waals surface area contributed by atoms with Crippen LogP contribution >= 0.6 is 0 Å². The minimum absolute atomic E-state index is 0.801. The van der Waals surface area contributed by atoms with Crippen LogP contribution in [0.1, 0.15) is 11.1 Å². The number of hydrogen-bond acceptors (Lipinski definition) is 3. The molecule has 0 spiro atoms. The quantitative estimate of drug-likeness (QED) is 0.652. The van der Waals surface area contributed by atoms with Crippen molar-refractivity contribution in [3.63, 3.8) is 0 Å². The highest BCUT2D eigenvalue weighted by Gasteiger charge is 2.19. The van der Waals surface area contributed by atoms with E-state index in [1.54, 1.807) is 0 Å². The molecule has 0 bridgehead atoms. The van der Waals surface area contributed by atoms with E-state index in [-0.39, 0.29) is 0 Å². The Morgan fingerprint density at radius 3 is 2.19 bits per heavy atom. The van der Waals surface area contributed by atoms with Gasteiger partial charge < -0.3 is 20.0 Å². The van der Waals surface area contributed by atoms with Crippen molar-refractivity contribution in [3.05, 3.63) is 65.7 Å². The Kier molecular flexibility index (Phi) is 6.71.